The number of benzene rings is 1. The summed E-state index contributed by atoms with van der Waals surface area (Å²) in [5, 5.41) is 3.24. The molecule has 0 unspecified atom stereocenters. The third-order valence-corrected chi connectivity index (χ3v) is 3.36. The SMILES string of the molecule is Br.CC1(C(=O)c2ccc(F)cc2)CCNCC1. The monoisotopic (exact) mass is 301 g/mol. The number of carbonyl (C=O) groups excluding carboxylic acids is 1. The average molecular weight is 302 g/mol. The minimum atomic E-state index is -0.299. The van der Waals surface area contributed by atoms with Crippen LogP contribution in [-0.4, -0.2) is 18.9 Å². The Hall–Kier alpha value is -0.740. The minimum absolute atomic E-state index is 0. The van der Waals surface area contributed by atoms with Gasteiger partial charge in [-0.3, -0.25) is 4.79 Å². The van der Waals surface area contributed by atoms with Crippen LogP contribution in [0.4, 0.5) is 4.39 Å². The van der Waals surface area contributed by atoms with E-state index in [0.717, 1.165) is 25.9 Å². The molecule has 0 saturated carbocycles. The standard InChI is InChI=1S/C13H16FNO.BrH/c1-13(6-8-15-9-7-13)12(16)10-2-4-11(14)5-3-10;/h2-5,15H,6-9H2,1H3;1H. The molecule has 0 amide bonds. The van der Waals surface area contributed by atoms with Crippen molar-refractivity contribution >= 4 is 22.8 Å². The second-order valence-corrected chi connectivity index (χ2v) is 4.65. The first-order valence-electron chi connectivity index (χ1n) is 5.63. The van der Waals surface area contributed by atoms with Crippen molar-refractivity contribution in [2.75, 3.05) is 13.1 Å². The zero-order chi connectivity index (χ0) is 11.6. The molecule has 0 atom stereocenters. The van der Waals surface area contributed by atoms with Crippen molar-refractivity contribution in [3.8, 4) is 0 Å². The van der Waals surface area contributed by atoms with Gasteiger partial charge in [0.2, 0.25) is 0 Å². The normalized spacial score (nSPS) is 18.2. The molecule has 2 rings (SSSR count). The molecule has 1 fully saturated rings. The molecule has 1 heterocycles. The summed E-state index contributed by atoms with van der Waals surface area (Å²) in [5.74, 6) is -0.166. The van der Waals surface area contributed by atoms with E-state index < -0.39 is 0 Å². The molecular formula is C13H17BrFNO. The van der Waals surface area contributed by atoms with Gasteiger partial charge in [-0.1, -0.05) is 6.92 Å². The lowest BCUT2D eigenvalue weighted by atomic mass is 9.75. The number of rotatable bonds is 2. The number of piperidine rings is 1. The van der Waals surface area contributed by atoms with E-state index in [0.29, 0.717) is 5.56 Å². The minimum Gasteiger partial charge on any atom is -0.317 e. The third kappa shape index (κ3) is 3.13. The van der Waals surface area contributed by atoms with Gasteiger partial charge in [-0.2, -0.15) is 0 Å². The Morgan fingerprint density at radius 2 is 1.76 bits per heavy atom. The van der Waals surface area contributed by atoms with Crippen LogP contribution in [0.5, 0.6) is 0 Å². The summed E-state index contributed by atoms with van der Waals surface area (Å²) in [6, 6.07) is 5.84. The third-order valence-electron chi connectivity index (χ3n) is 3.36. The van der Waals surface area contributed by atoms with Crippen LogP contribution in [0.1, 0.15) is 30.1 Å². The summed E-state index contributed by atoms with van der Waals surface area (Å²) < 4.78 is 12.8. The highest BCUT2D eigenvalue weighted by atomic mass is 79.9. The molecule has 2 nitrogen and oxygen atoms in total. The van der Waals surface area contributed by atoms with Gasteiger partial charge in [0.15, 0.2) is 5.78 Å². The van der Waals surface area contributed by atoms with Gasteiger partial charge in [-0.15, -0.1) is 17.0 Å². The number of hydrogen-bond acceptors (Lipinski definition) is 2. The number of ketones is 1. The lowest BCUT2D eigenvalue weighted by Crippen LogP contribution is -2.40. The molecule has 0 aliphatic carbocycles. The van der Waals surface area contributed by atoms with Crippen LogP contribution in [0.2, 0.25) is 0 Å². The van der Waals surface area contributed by atoms with Crippen LogP contribution >= 0.6 is 17.0 Å². The second kappa shape index (κ2) is 5.74. The van der Waals surface area contributed by atoms with E-state index in [9.17, 15) is 9.18 Å². The van der Waals surface area contributed by atoms with Crippen molar-refractivity contribution in [2.24, 2.45) is 5.41 Å². The van der Waals surface area contributed by atoms with Crippen LogP contribution in [0.3, 0.4) is 0 Å². The number of carbonyl (C=O) groups is 1. The van der Waals surface area contributed by atoms with Gasteiger partial charge in [0.1, 0.15) is 5.82 Å². The van der Waals surface area contributed by atoms with E-state index >= 15 is 0 Å². The highest BCUT2D eigenvalue weighted by molar-refractivity contribution is 8.93. The molecule has 0 aromatic heterocycles. The molecule has 1 aliphatic heterocycles. The van der Waals surface area contributed by atoms with Gasteiger partial charge in [0, 0.05) is 11.0 Å². The van der Waals surface area contributed by atoms with Gasteiger partial charge in [-0.05, 0) is 50.2 Å². The van der Waals surface area contributed by atoms with Crippen LogP contribution in [-0.2, 0) is 0 Å². The summed E-state index contributed by atoms with van der Waals surface area (Å²) in [4.78, 5) is 12.3. The quantitative estimate of drug-likeness (QED) is 0.851. The van der Waals surface area contributed by atoms with Crippen LogP contribution in [0.25, 0.3) is 0 Å². The van der Waals surface area contributed by atoms with Crippen molar-refractivity contribution < 1.29 is 9.18 Å². The van der Waals surface area contributed by atoms with Crippen LogP contribution in [0.15, 0.2) is 24.3 Å². The molecular weight excluding hydrogens is 285 g/mol. The van der Waals surface area contributed by atoms with Crippen molar-refractivity contribution in [1.82, 2.24) is 5.32 Å². The lowest BCUT2D eigenvalue weighted by molar-refractivity contribution is 0.0762. The first-order valence-corrected chi connectivity index (χ1v) is 5.63. The Balaban J connectivity index is 0.00000144. The Bertz CT molecular complexity index is 385. The molecule has 17 heavy (non-hydrogen) atoms. The first-order chi connectivity index (χ1) is 7.62. The molecule has 0 bridgehead atoms. The zero-order valence-electron chi connectivity index (χ0n) is 9.83. The highest BCUT2D eigenvalue weighted by Gasteiger charge is 2.34. The summed E-state index contributed by atoms with van der Waals surface area (Å²) >= 11 is 0. The second-order valence-electron chi connectivity index (χ2n) is 4.65. The summed E-state index contributed by atoms with van der Waals surface area (Å²) in [6.07, 6.45) is 1.70. The Morgan fingerprint density at radius 1 is 1.24 bits per heavy atom. The largest absolute Gasteiger partial charge is 0.317 e. The smallest absolute Gasteiger partial charge is 0.168 e. The number of nitrogens with one attached hydrogen (secondary N) is 1. The van der Waals surface area contributed by atoms with E-state index in [1.165, 1.54) is 12.1 Å². The summed E-state index contributed by atoms with van der Waals surface area (Å²) in [6.45, 7) is 3.76. The predicted molar refractivity (Wildman–Crippen MR) is 71.3 cm³/mol. The summed E-state index contributed by atoms with van der Waals surface area (Å²) in [7, 11) is 0. The van der Waals surface area contributed by atoms with Crippen molar-refractivity contribution in [1.29, 1.82) is 0 Å². The summed E-state index contributed by atoms with van der Waals surface area (Å²) in [5.41, 5.74) is 0.328. The van der Waals surface area contributed by atoms with Gasteiger partial charge in [0.25, 0.3) is 0 Å². The topological polar surface area (TPSA) is 29.1 Å². The Labute approximate surface area is 111 Å². The van der Waals surface area contributed by atoms with E-state index in [1.807, 2.05) is 6.92 Å². The first kappa shape index (κ1) is 14.3. The Kier molecular flexibility index (Phi) is 4.83. The Morgan fingerprint density at radius 3 is 2.29 bits per heavy atom. The van der Waals surface area contributed by atoms with E-state index in [-0.39, 0.29) is 34.0 Å². The number of halogens is 2. The zero-order valence-corrected chi connectivity index (χ0v) is 11.5. The fourth-order valence-corrected chi connectivity index (χ4v) is 2.16. The van der Waals surface area contributed by atoms with Crippen molar-refractivity contribution in [3.63, 3.8) is 0 Å². The van der Waals surface area contributed by atoms with Gasteiger partial charge >= 0.3 is 0 Å². The van der Waals surface area contributed by atoms with E-state index in [1.54, 1.807) is 12.1 Å². The molecule has 1 saturated heterocycles. The molecule has 0 radical (unpaired) electrons. The molecule has 94 valence electrons. The fourth-order valence-electron chi connectivity index (χ4n) is 2.16. The van der Waals surface area contributed by atoms with Gasteiger partial charge < -0.3 is 5.32 Å². The number of Topliss-reactive ketones (excluding diaryl/α,β-unsaturated/α-hetero) is 1. The van der Waals surface area contributed by atoms with E-state index in [2.05, 4.69) is 5.32 Å². The lowest BCUT2D eigenvalue weighted by Gasteiger charge is -2.32. The fraction of sp³-hybridized carbons (Fsp3) is 0.462. The maximum atomic E-state index is 12.8. The van der Waals surface area contributed by atoms with Crippen molar-refractivity contribution in [2.45, 2.75) is 19.8 Å². The highest BCUT2D eigenvalue weighted by Crippen LogP contribution is 2.32. The van der Waals surface area contributed by atoms with Crippen molar-refractivity contribution in [3.05, 3.63) is 35.6 Å². The number of hydrogen-bond donors (Lipinski definition) is 1. The molecule has 0 spiro atoms. The molecule has 1 aliphatic rings. The molecule has 1 aromatic carbocycles. The predicted octanol–water partition coefficient (Wildman–Crippen LogP) is 2.98. The maximum Gasteiger partial charge on any atom is 0.168 e. The average Bonchev–Trinajstić information content (AvgIpc) is 2.30. The van der Waals surface area contributed by atoms with Gasteiger partial charge in [0.05, 0.1) is 0 Å². The maximum absolute atomic E-state index is 12.8. The molecule has 1 aromatic rings. The van der Waals surface area contributed by atoms with Gasteiger partial charge in [-0.25, -0.2) is 4.39 Å². The van der Waals surface area contributed by atoms with Crippen LogP contribution < -0.4 is 5.32 Å². The van der Waals surface area contributed by atoms with E-state index in [4.69, 9.17) is 0 Å². The molecule has 1 N–H and O–H groups in total. The van der Waals surface area contributed by atoms with Crippen LogP contribution in [0, 0.1) is 11.2 Å². The molecule has 4 heteroatoms.